The zero-order valence-corrected chi connectivity index (χ0v) is 14.7. The lowest BCUT2D eigenvalue weighted by Crippen LogP contribution is -2.46. The van der Waals surface area contributed by atoms with Crippen LogP contribution in [0.1, 0.15) is 35.7 Å². The van der Waals surface area contributed by atoms with Gasteiger partial charge in [0.2, 0.25) is 15.9 Å². The summed E-state index contributed by atoms with van der Waals surface area (Å²) in [5, 5.41) is 5.65. The number of nitrogens with zero attached hydrogens (tertiary/aromatic N) is 1. The molecule has 24 heavy (non-hydrogen) atoms. The van der Waals surface area contributed by atoms with E-state index < -0.39 is 10.0 Å². The maximum absolute atomic E-state index is 12.3. The van der Waals surface area contributed by atoms with Crippen molar-refractivity contribution in [1.29, 1.82) is 0 Å². The average molecular weight is 353 g/mol. The van der Waals surface area contributed by atoms with Gasteiger partial charge in [0.05, 0.1) is 6.26 Å². The Kier molecular flexibility index (Phi) is 5.95. The standard InChI is InChI=1S/C16H23N3O4S/c1-12(20)17-11-13-3-5-14(6-4-13)16(21)18-15-7-9-19(10-8-15)24(2,22)23/h3-6,15H,7-11H2,1-2H3,(H,17,20)(H,18,21). The molecule has 0 aromatic heterocycles. The molecule has 0 saturated carbocycles. The number of hydrogen-bond donors (Lipinski definition) is 2. The largest absolute Gasteiger partial charge is 0.352 e. The van der Waals surface area contributed by atoms with Crippen molar-refractivity contribution in [3.05, 3.63) is 35.4 Å². The molecule has 0 unspecified atom stereocenters. The van der Waals surface area contributed by atoms with Gasteiger partial charge in [-0.25, -0.2) is 12.7 Å². The van der Waals surface area contributed by atoms with Gasteiger partial charge in [0.15, 0.2) is 0 Å². The van der Waals surface area contributed by atoms with Crippen LogP contribution >= 0.6 is 0 Å². The van der Waals surface area contributed by atoms with Crippen LogP contribution in [0, 0.1) is 0 Å². The van der Waals surface area contributed by atoms with Gasteiger partial charge in [-0.15, -0.1) is 0 Å². The van der Waals surface area contributed by atoms with Gasteiger partial charge in [0.25, 0.3) is 5.91 Å². The van der Waals surface area contributed by atoms with E-state index in [0.29, 0.717) is 38.0 Å². The number of sulfonamides is 1. The van der Waals surface area contributed by atoms with E-state index in [1.807, 2.05) is 0 Å². The van der Waals surface area contributed by atoms with Gasteiger partial charge < -0.3 is 10.6 Å². The molecule has 2 amide bonds. The van der Waals surface area contributed by atoms with Crippen LogP contribution in [0.3, 0.4) is 0 Å². The highest BCUT2D eigenvalue weighted by Crippen LogP contribution is 2.14. The van der Waals surface area contributed by atoms with Crippen molar-refractivity contribution in [3.8, 4) is 0 Å². The van der Waals surface area contributed by atoms with Crippen LogP contribution < -0.4 is 10.6 Å². The van der Waals surface area contributed by atoms with E-state index in [-0.39, 0.29) is 17.9 Å². The zero-order chi connectivity index (χ0) is 17.7. The molecule has 0 atom stereocenters. The van der Waals surface area contributed by atoms with Crippen molar-refractivity contribution >= 4 is 21.8 Å². The van der Waals surface area contributed by atoms with E-state index in [2.05, 4.69) is 10.6 Å². The second kappa shape index (κ2) is 7.76. The number of carbonyl (C=O) groups is 2. The number of benzene rings is 1. The minimum Gasteiger partial charge on any atom is -0.352 e. The Morgan fingerprint density at radius 3 is 2.25 bits per heavy atom. The van der Waals surface area contributed by atoms with Crippen molar-refractivity contribution in [2.75, 3.05) is 19.3 Å². The first-order valence-electron chi connectivity index (χ1n) is 7.85. The summed E-state index contributed by atoms with van der Waals surface area (Å²) in [4.78, 5) is 23.1. The monoisotopic (exact) mass is 353 g/mol. The fourth-order valence-electron chi connectivity index (χ4n) is 2.60. The van der Waals surface area contributed by atoms with Gasteiger partial charge in [-0.05, 0) is 30.5 Å². The molecule has 8 heteroatoms. The lowest BCUT2D eigenvalue weighted by Gasteiger charge is -2.30. The van der Waals surface area contributed by atoms with Gasteiger partial charge in [0, 0.05) is 38.2 Å². The summed E-state index contributed by atoms with van der Waals surface area (Å²) in [6.45, 7) is 2.75. The van der Waals surface area contributed by atoms with Crippen LogP contribution in [0.15, 0.2) is 24.3 Å². The molecule has 1 aliphatic heterocycles. The molecule has 2 rings (SSSR count). The Balaban J connectivity index is 1.86. The quantitative estimate of drug-likeness (QED) is 0.805. The molecule has 132 valence electrons. The first-order valence-corrected chi connectivity index (χ1v) is 9.70. The first-order chi connectivity index (χ1) is 11.3. The van der Waals surface area contributed by atoms with Gasteiger partial charge in [-0.3, -0.25) is 9.59 Å². The molecule has 1 aromatic carbocycles. The van der Waals surface area contributed by atoms with E-state index in [4.69, 9.17) is 0 Å². The van der Waals surface area contributed by atoms with E-state index in [1.165, 1.54) is 17.5 Å². The number of rotatable bonds is 5. The first kappa shape index (κ1) is 18.4. The summed E-state index contributed by atoms with van der Waals surface area (Å²) in [6, 6.07) is 7.03. The van der Waals surface area contributed by atoms with Crippen LogP contribution in [0.4, 0.5) is 0 Å². The fourth-order valence-corrected chi connectivity index (χ4v) is 3.48. The molecule has 2 N–H and O–H groups in total. The van der Waals surface area contributed by atoms with Crippen molar-refractivity contribution in [1.82, 2.24) is 14.9 Å². The highest BCUT2D eigenvalue weighted by molar-refractivity contribution is 7.88. The number of nitrogens with one attached hydrogen (secondary N) is 2. The zero-order valence-electron chi connectivity index (χ0n) is 13.9. The Hall–Kier alpha value is -1.93. The lowest BCUT2D eigenvalue weighted by atomic mass is 10.1. The molecule has 1 fully saturated rings. The third-order valence-corrected chi connectivity index (χ3v) is 5.32. The minimum absolute atomic E-state index is 0.0189. The van der Waals surface area contributed by atoms with Crippen LogP contribution in [0.5, 0.6) is 0 Å². The minimum atomic E-state index is -3.16. The third kappa shape index (κ3) is 5.31. The topological polar surface area (TPSA) is 95.6 Å². The van der Waals surface area contributed by atoms with Crippen LogP contribution in [0.25, 0.3) is 0 Å². The molecule has 1 heterocycles. The third-order valence-electron chi connectivity index (χ3n) is 4.02. The number of piperidine rings is 1. The molecular formula is C16H23N3O4S. The second-order valence-electron chi connectivity index (χ2n) is 6.02. The Morgan fingerprint density at radius 1 is 1.17 bits per heavy atom. The Bertz CT molecular complexity index is 693. The molecule has 0 spiro atoms. The maximum atomic E-state index is 12.3. The molecule has 0 radical (unpaired) electrons. The fraction of sp³-hybridized carbons (Fsp3) is 0.500. The molecular weight excluding hydrogens is 330 g/mol. The average Bonchev–Trinajstić information content (AvgIpc) is 2.53. The van der Waals surface area contributed by atoms with E-state index in [1.54, 1.807) is 24.3 Å². The van der Waals surface area contributed by atoms with Gasteiger partial charge in [-0.2, -0.15) is 0 Å². The van der Waals surface area contributed by atoms with Crippen molar-refractivity contribution in [2.45, 2.75) is 32.4 Å². The van der Waals surface area contributed by atoms with E-state index >= 15 is 0 Å². The van der Waals surface area contributed by atoms with Crippen molar-refractivity contribution < 1.29 is 18.0 Å². The SMILES string of the molecule is CC(=O)NCc1ccc(C(=O)NC2CCN(S(C)(=O)=O)CC2)cc1. The summed E-state index contributed by atoms with van der Waals surface area (Å²) in [6.07, 6.45) is 2.42. The smallest absolute Gasteiger partial charge is 0.251 e. The van der Waals surface area contributed by atoms with Crippen LogP contribution in [-0.4, -0.2) is 49.9 Å². The Labute approximate surface area is 142 Å². The highest BCUT2D eigenvalue weighted by atomic mass is 32.2. The molecule has 1 aliphatic rings. The predicted molar refractivity (Wildman–Crippen MR) is 90.9 cm³/mol. The molecule has 0 aliphatic carbocycles. The van der Waals surface area contributed by atoms with Gasteiger partial charge in [0.1, 0.15) is 0 Å². The number of amides is 2. The molecule has 0 bridgehead atoms. The second-order valence-corrected chi connectivity index (χ2v) is 8.00. The summed E-state index contributed by atoms with van der Waals surface area (Å²) in [7, 11) is -3.16. The Morgan fingerprint density at radius 2 is 1.75 bits per heavy atom. The summed E-state index contributed by atoms with van der Waals surface area (Å²) in [5.74, 6) is -0.267. The van der Waals surface area contributed by atoms with Gasteiger partial charge >= 0.3 is 0 Å². The molecule has 1 saturated heterocycles. The van der Waals surface area contributed by atoms with Crippen molar-refractivity contribution in [3.63, 3.8) is 0 Å². The lowest BCUT2D eigenvalue weighted by molar-refractivity contribution is -0.119. The summed E-state index contributed by atoms with van der Waals surface area (Å²) >= 11 is 0. The molecule has 1 aromatic rings. The number of carbonyl (C=O) groups excluding carboxylic acids is 2. The summed E-state index contributed by atoms with van der Waals surface area (Å²) < 4.78 is 24.4. The van der Waals surface area contributed by atoms with Crippen LogP contribution in [-0.2, 0) is 21.4 Å². The maximum Gasteiger partial charge on any atom is 0.251 e. The van der Waals surface area contributed by atoms with Crippen LogP contribution in [0.2, 0.25) is 0 Å². The van der Waals surface area contributed by atoms with E-state index in [9.17, 15) is 18.0 Å². The summed E-state index contributed by atoms with van der Waals surface area (Å²) in [5.41, 5.74) is 1.47. The van der Waals surface area contributed by atoms with Crippen molar-refractivity contribution in [2.24, 2.45) is 0 Å². The predicted octanol–water partition coefficient (Wildman–Crippen LogP) is 0.477. The van der Waals surface area contributed by atoms with E-state index in [0.717, 1.165) is 5.56 Å². The number of hydrogen-bond acceptors (Lipinski definition) is 4. The highest BCUT2D eigenvalue weighted by Gasteiger charge is 2.25. The normalized spacial score (nSPS) is 16.6. The molecule has 7 nitrogen and oxygen atoms in total. The van der Waals surface area contributed by atoms with Gasteiger partial charge in [-0.1, -0.05) is 12.1 Å².